The molecule has 0 saturated heterocycles. The number of nitrogens with two attached hydrogens (primary N) is 1. The minimum atomic E-state index is 0. The van der Waals surface area contributed by atoms with Crippen LogP contribution in [0.3, 0.4) is 0 Å². The van der Waals surface area contributed by atoms with Crippen molar-refractivity contribution in [2.45, 2.75) is 64.0 Å². The fourth-order valence-corrected chi connectivity index (χ4v) is 4.65. The first-order valence-corrected chi connectivity index (χ1v) is 9.62. The molecule has 5 heteroatoms. The van der Waals surface area contributed by atoms with Gasteiger partial charge in [-0.2, -0.15) is 0 Å². The molecule has 2 saturated carbocycles. The summed E-state index contributed by atoms with van der Waals surface area (Å²) >= 11 is 3.52. The number of hydrogen-bond donors (Lipinski definition) is 2. The Morgan fingerprint density at radius 1 is 1.29 bits per heavy atom. The van der Waals surface area contributed by atoms with Crippen molar-refractivity contribution in [2.75, 3.05) is 0 Å². The van der Waals surface area contributed by atoms with Crippen LogP contribution >= 0.6 is 28.3 Å². The summed E-state index contributed by atoms with van der Waals surface area (Å²) in [4.78, 5) is 12.4. The molecule has 2 fully saturated rings. The van der Waals surface area contributed by atoms with E-state index in [0.717, 1.165) is 23.7 Å². The van der Waals surface area contributed by atoms with Crippen LogP contribution in [-0.2, 0) is 11.2 Å². The first-order chi connectivity index (χ1) is 11.0. The lowest BCUT2D eigenvalue weighted by molar-refractivity contribution is -0.123. The highest BCUT2D eigenvalue weighted by Crippen LogP contribution is 2.39. The molecule has 2 unspecified atom stereocenters. The maximum Gasteiger partial charge on any atom is 0.220 e. The molecule has 2 atom stereocenters. The van der Waals surface area contributed by atoms with Gasteiger partial charge in [-0.1, -0.05) is 34.5 Å². The molecular formula is C19H28BrClN2O. The number of fused-ring (bicyclic) bond motifs is 2. The molecule has 0 aliphatic heterocycles. The van der Waals surface area contributed by atoms with Crippen molar-refractivity contribution in [3.05, 3.63) is 33.8 Å². The third-order valence-electron chi connectivity index (χ3n) is 5.57. The van der Waals surface area contributed by atoms with Crippen molar-refractivity contribution in [1.82, 2.24) is 5.32 Å². The van der Waals surface area contributed by atoms with E-state index in [4.69, 9.17) is 5.73 Å². The Balaban J connectivity index is 0.00000208. The van der Waals surface area contributed by atoms with Gasteiger partial charge in [-0.25, -0.2) is 0 Å². The van der Waals surface area contributed by atoms with Crippen LogP contribution in [0.4, 0.5) is 0 Å². The highest BCUT2D eigenvalue weighted by Gasteiger charge is 2.39. The Hall–Kier alpha value is -0.580. The van der Waals surface area contributed by atoms with E-state index in [9.17, 15) is 4.79 Å². The lowest BCUT2D eigenvalue weighted by atomic mass is 9.67. The normalized spacial score (nSPS) is 28.8. The minimum Gasteiger partial charge on any atom is -0.353 e. The van der Waals surface area contributed by atoms with Gasteiger partial charge in [0.25, 0.3) is 0 Å². The summed E-state index contributed by atoms with van der Waals surface area (Å²) < 4.78 is 1.12. The Morgan fingerprint density at radius 3 is 2.58 bits per heavy atom. The summed E-state index contributed by atoms with van der Waals surface area (Å²) in [6.07, 6.45) is 7.28. The summed E-state index contributed by atoms with van der Waals surface area (Å²) in [5.74, 6) is 1.38. The van der Waals surface area contributed by atoms with Crippen LogP contribution in [0.25, 0.3) is 0 Å². The van der Waals surface area contributed by atoms with Gasteiger partial charge in [-0.3, -0.25) is 4.79 Å². The molecule has 2 aliphatic carbocycles. The van der Waals surface area contributed by atoms with Gasteiger partial charge in [0.2, 0.25) is 5.91 Å². The van der Waals surface area contributed by atoms with E-state index in [1.54, 1.807) is 0 Å². The zero-order chi connectivity index (χ0) is 16.4. The molecule has 0 spiro atoms. The topological polar surface area (TPSA) is 55.1 Å². The zero-order valence-electron chi connectivity index (χ0n) is 14.3. The Morgan fingerprint density at radius 2 is 1.96 bits per heavy atom. The van der Waals surface area contributed by atoms with E-state index >= 15 is 0 Å². The lowest BCUT2D eigenvalue weighted by Gasteiger charge is -2.45. The lowest BCUT2D eigenvalue weighted by Crippen LogP contribution is -2.53. The fourth-order valence-electron chi connectivity index (χ4n) is 4.40. The predicted molar refractivity (Wildman–Crippen MR) is 104 cm³/mol. The second kappa shape index (κ2) is 8.68. The predicted octanol–water partition coefficient (Wildman–Crippen LogP) is 4.13. The molecule has 0 radical (unpaired) electrons. The van der Waals surface area contributed by atoms with Crippen molar-refractivity contribution < 1.29 is 4.79 Å². The van der Waals surface area contributed by atoms with E-state index in [-0.39, 0.29) is 18.3 Å². The van der Waals surface area contributed by atoms with Gasteiger partial charge in [-0.05, 0) is 68.1 Å². The Kier molecular flexibility index (Phi) is 7.14. The Bertz CT molecular complexity index is 566. The molecule has 134 valence electrons. The van der Waals surface area contributed by atoms with Gasteiger partial charge in [-0.15, -0.1) is 12.4 Å². The highest BCUT2D eigenvalue weighted by atomic mass is 79.9. The number of benzene rings is 1. The van der Waals surface area contributed by atoms with Crippen LogP contribution in [0.15, 0.2) is 22.7 Å². The number of carbonyl (C=O) groups is 1. The fraction of sp³-hybridized carbons (Fsp3) is 0.632. The highest BCUT2D eigenvalue weighted by molar-refractivity contribution is 9.10. The van der Waals surface area contributed by atoms with Gasteiger partial charge < -0.3 is 11.1 Å². The monoisotopic (exact) mass is 414 g/mol. The van der Waals surface area contributed by atoms with Crippen molar-refractivity contribution in [3.63, 3.8) is 0 Å². The number of aryl methyl sites for hydroxylation is 2. The molecule has 24 heavy (non-hydrogen) atoms. The molecule has 3 N–H and O–H groups in total. The number of carbonyl (C=O) groups excluding carboxylic acids is 1. The van der Waals surface area contributed by atoms with Gasteiger partial charge in [0.05, 0.1) is 0 Å². The van der Waals surface area contributed by atoms with Gasteiger partial charge in [0.15, 0.2) is 0 Å². The van der Waals surface area contributed by atoms with Crippen molar-refractivity contribution >= 4 is 34.2 Å². The van der Waals surface area contributed by atoms with Crippen molar-refractivity contribution in [2.24, 2.45) is 17.6 Å². The van der Waals surface area contributed by atoms with Crippen LogP contribution < -0.4 is 11.1 Å². The average Bonchev–Trinajstić information content (AvgIpc) is 2.49. The molecule has 0 aromatic heterocycles. The molecular weight excluding hydrogens is 388 g/mol. The maximum atomic E-state index is 12.4. The first-order valence-electron chi connectivity index (χ1n) is 8.83. The third-order valence-corrected chi connectivity index (χ3v) is 6.46. The summed E-state index contributed by atoms with van der Waals surface area (Å²) in [5.41, 5.74) is 8.61. The largest absolute Gasteiger partial charge is 0.353 e. The molecule has 2 aliphatic rings. The average molecular weight is 416 g/mol. The zero-order valence-corrected chi connectivity index (χ0v) is 16.7. The second-order valence-corrected chi connectivity index (χ2v) is 8.21. The van der Waals surface area contributed by atoms with E-state index in [1.165, 1.54) is 30.4 Å². The van der Waals surface area contributed by atoms with Crippen molar-refractivity contribution in [1.29, 1.82) is 0 Å². The minimum absolute atomic E-state index is 0. The van der Waals surface area contributed by atoms with Crippen LogP contribution in [0, 0.1) is 18.8 Å². The molecule has 3 rings (SSSR count). The van der Waals surface area contributed by atoms with Gasteiger partial charge in [0.1, 0.15) is 0 Å². The SMILES string of the molecule is Cc1cc(CCC(=O)NC2C3CCCC2CC(N)C3)ccc1Br.Cl. The van der Waals surface area contributed by atoms with Gasteiger partial charge in [0, 0.05) is 23.0 Å². The number of hydrogen-bond acceptors (Lipinski definition) is 2. The summed E-state index contributed by atoms with van der Waals surface area (Å²) in [5, 5.41) is 3.33. The standard InChI is InChI=1S/C19H27BrN2O.ClH/c1-12-9-13(5-7-17(12)20)6-8-18(23)22-19-14-3-2-4-15(19)11-16(21)10-14;/h5,7,9,14-16,19H,2-4,6,8,10-11,21H2,1H3,(H,22,23);1H. The van der Waals surface area contributed by atoms with Crippen molar-refractivity contribution in [3.8, 4) is 0 Å². The number of rotatable bonds is 4. The van der Waals surface area contributed by atoms with Crippen LogP contribution in [-0.4, -0.2) is 18.0 Å². The molecule has 1 amide bonds. The van der Waals surface area contributed by atoms with E-state index < -0.39 is 0 Å². The summed E-state index contributed by atoms with van der Waals surface area (Å²) in [6, 6.07) is 7.02. The number of nitrogens with one attached hydrogen (secondary N) is 1. The molecule has 1 aromatic carbocycles. The van der Waals surface area contributed by atoms with Crippen LogP contribution in [0.2, 0.25) is 0 Å². The Labute approximate surface area is 159 Å². The number of halogens is 2. The van der Waals surface area contributed by atoms with E-state index in [1.807, 2.05) is 0 Å². The summed E-state index contributed by atoms with van der Waals surface area (Å²) in [6.45, 7) is 2.08. The molecule has 1 aromatic rings. The maximum absolute atomic E-state index is 12.4. The molecule has 0 heterocycles. The smallest absolute Gasteiger partial charge is 0.220 e. The third kappa shape index (κ3) is 4.74. The quantitative estimate of drug-likeness (QED) is 0.776. The number of amides is 1. The van der Waals surface area contributed by atoms with Crippen LogP contribution in [0.5, 0.6) is 0 Å². The van der Waals surface area contributed by atoms with E-state index in [2.05, 4.69) is 46.4 Å². The van der Waals surface area contributed by atoms with E-state index in [0.29, 0.717) is 30.3 Å². The molecule has 2 bridgehead atoms. The van der Waals surface area contributed by atoms with Crippen LogP contribution in [0.1, 0.15) is 49.7 Å². The second-order valence-electron chi connectivity index (χ2n) is 7.36. The first kappa shape index (κ1) is 19.7. The molecule has 3 nitrogen and oxygen atoms in total. The summed E-state index contributed by atoms with van der Waals surface area (Å²) in [7, 11) is 0. The van der Waals surface area contributed by atoms with Gasteiger partial charge >= 0.3 is 0 Å².